The number of benzene rings is 1. The molecule has 3 aromatic rings. The van der Waals surface area contributed by atoms with Gasteiger partial charge in [-0.3, -0.25) is 14.5 Å². The molecule has 3 amide bonds. The molecule has 44 heavy (non-hydrogen) atoms. The van der Waals surface area contributed by atoms with E-state index >= 15 is 0 Å². The molecule has 2 N–H and O–H groups in total. The molecule has 1 saturated heterocycles. The second-order valence-electron chi connectivity index (χ2n) is 10.1. The molecule has 0 bridgehead atoms. The van der Waals surface area contributed by atoms with Crippen LogP contribution in [0.5, 0.6) is 0 Å². The number of carbonyl (C=O) groups is 4. The number of carbonyl (C=O) groups excluding carboxylic acids is 4. The second-order valence-corrected chi connectivity index (χ2v) is 10.1. The summed E-state index contributed by atoms with van der Waals surface area (Å²) in [7, 11) is 0. The molecule has 0 aliphatic carbocycles. The molecule has 2 aliphatic rings. The van der Waals surface area contributed by atoms with E-state index in [-0.39, 0.29) is 37.3 Å². The molecule has 236 valence electrons. The summed E-state index contributed by atoms with van der Waals surface area (Å²) in [6.07, 6.45) is 1.87. The first-order valence-corrected chi connectivity index (χ1v) is 13.4. The van der Waals surface area contributed by atoms with E-state index in [9.17, 15) is 19.2 Å². The molecular formula is C27H32Cl2N8O7. The molecule has 2 unspecified atom stereocenters. The van der Waals surface area contributed by atoms with Gasteiger partial charge in [-0.05, 0) is 58.2 Å². The summed E-state index contributed by atoms with van der Waals surface area (Å²) >= 11 is 0. The van der Waals surface area contributed by atoms with Crippen molar-refractivity contribution in [2.75, 3.05) is 18.2 Å². The standard InChI is InChI=1S/C27H30N8O7.2ClH/c1-4-15(2)24(28)25(37)40-14-41-26(38)33(16(3)36)12-22-21-10-19-9-17(5-7-20(19)35(21)27(39)42-22)18-6-8-23(29-11-18)34-13-30-31-32-34;;/h5-9,11,13,15,21-22,24H,4,10,12,14,28H2,1-3H3;2*1H/t15?,21-,22-,24?;;/m0../s1. The van der Waals surface area contributed by atoms with Crippen molar-refractivity contribution in [1.29, 1.82) is 0 Å². The van der Waals surface area contributed by atoms with Crippen LogP contribution < -0.4 is 10.6 Å². The molecule has 0 saturated carbocycles. The van der Waals surface area contributed by atoms with E-state index in [2.05, 4.69) is 20.5 Å². The van der Waals surface area contributed by atoms with Gasteiger partial charge in [0.2, 0.25) is 12.7 Å². The average Bonchev–Trinajstić information content (AvgIpc) is 3.72. The molecule has 0 radical (unpaired) electrons. The number of anilines is 1. The predicted molar refractivity (Wildman–Crippen MR) is 159 cm³/mol. The van der Waals surface area contributed by atoms with Gasteiger partial charge in [0.1, 0.15) is 18.5 Å². The van der Waals surface area contributed by atoms with Crippen LogP contribution in [0.25, 0.3) is 16.9 Å². The van der Waals surface area contributed by atoms with Gasteiger partial charge in [0.25, 0.3) is 0 Å². The van der Waals surface area contributed by atoms with Crippen LogP contribution in [0.1, 0.15) is 32.8 Å². The van der Waals surface area contributed by atoms with Crippen LogP contribution in [0.4, 0.5) is 15.3 Å². The van der Waals surface area contributed by atoms with E-state index in [4.69, 9.17) is 19.9 Å². The highest BCUT2D eigenvalue weighted by Gasteiger charge is 2.48. The maximum atomic E-state index is 12.8. The number of aromatic nitrogens is 5. The van der Waals surface area contributed by atoms with Crippen LogP contribution in [-0.2, 0) is 30.2 Å². The topological polar surface area (TPSA) is 185 Å². The molecule has 1 fully saturated rings. The SMILES string of the molecule is CCC(C)C(N)C(=O)OCOC(=O)N(C[C@@H]1OC(=O)N2c3ccc(-c4ccc(-n5cnnn5)nc4)cc3C[C@@H]12)C(C)=O.Cl.Cl. The van der Waals surface area contributed by atoms with Crippen molar-refractivity contribution in [1.82, 2.24) is 30.1 Å². The average molecular weight is 652 g/mol. The highest BCUT2D eigenvalue weighted by Crippen LogP contribution is 2.40. The number of fused-ring (bicyclic) bond motifs is 3. The van der Waals surface area contributed by atoms with Crippen molar-refractivity contribution in [3.63, 3.8) is 0 Å². The Kier molecular flexibility index (Phi) is 11.2. The van der Waals surface area contributed by atoms with Crippen LogP contribution in [0.3, 0.4) is 0 Å². The molecule has 0 spiro atoms. The van der Waals surface area contributed by atoms with Gasteiger partial charge in [0.15, 0.2) is 5.82 Å². The number of amides is 3. The summed E-state index contributed by atoms with van der Waals surface area (Å²) in [5, 5.41) is 11.0. The summed E-state index contributed by atoms with van der Waals surface area (Å²) < 4.78 is 16.9. The molecule has 17 heteroatoms. The monoisotopic (exact) mass is 650 g/mol. The third kappa shape index (κ3) is 6.90. The van der Waals surface area contributed by atoms with Crippen molar-refractivity contribution in [2.24, 2.45) is 11.7 Å². The normalized spacial score (nSPS) is 17.6. The van der Waals surface area contributed by atoms with Crippen LogP contribution in [0, 0.1) is 5.92 Å². The molecule has 2 aliphatic heterocycles. The van der Waals surface area contributed by atoms with Crippen molar-refractivity contribution < 1.29 is 33.4 Å². The highest BCUT2D eigenvalue weighted by molar-refractivity contribution is 5.95. The van der Waals surface area contributed by atoms with Gasteiger partial charge >= 0.3 is 18.2 Å². The number of pyridine rings is 1. The number of nitrogens with two attached hydrogens (primary N) is 1. The van der Waals surface area contributed by atoms with Gasteiger partial charge in [-0.2, -0.15) is 4.68 Å². The summed E-state index contributed by atoms with van der Waals surface area (Å²) in [5.74, 6) is -0.881. The number of nitrogens with zero attached hydrogens (tertiary/aromatic N) is 7. The van der Waals surface area contributed by atoms with Crippen molar-refractivity contribution in [3.05, 3.63) is 48.4 Å². The zero-order valence-corrected chi connectivity index (χ0v) is 25.7. The number of hydrogen-bond donors (Lipinski definition) is 1. The largest absolute Gasteiger partial charge is 0.442 e. The molecule has 15 nitrogen and oxygen atoms in total. The van der Waals surface area contributed by atoms with Crippen molar-refractivity contribution >= 4 is 54.6 Å². The van der Waals surface area contributed by atoms with Gasteiger partial charge in [0, 0.05) is 18.7 Å². The van der Waals surface area contributed by atoms with Crippen LogP contribution >= 0.6 is 24.8 Å². The van der Waals surface area contributed by atoms with Gasteiger partial charge in [-0.15, -0.1) is 29.9 Å². The molecule has 4 heterocycles. The van der Waals surface area contributed by atoms with Gasteiger partial charge in [0.05, 0.1) is 18.3 Å². The lowest BCUT2D eigenvalue weighted by Gasteiger charge is -2.24. The van der Waals surface area contributed by atoms with Gasteiger partial charge in [-0.25, -0.2) is 19.5 Å². The zero-order valence-electron chi connectivity index (χ0n) is 24.1. The Morgan fingerprint density at radius 3 is 2.55 bits per heavy atom. The van der Waals surface area contributed by atoms with E-state index in [1.165, 1.54) is 22.8 Å². The van der Waals surface area contributed by atoms with Crippen LogP contribution in [0.2, 0.25) is 0 Å². The lowest BCUT2D eigenvalue weighted by molar-refractivity contribution is -0.155. The minimum absolute atomic E-state index is 0. The van der Waals surface area contributed by atoms with Gasteiger partial charge in [-0.1, -0.05) is 26.3 Å². The van der Waals surface area contributed by atoms with E-state index in [1.54, 1.807) is 19.2 Å². The highest BCUT2D eigenvalue weighted by atomic mass is 35.5. The minimum atomic E-state index is -1.03. The number of esters is 1. The summed E-state index contributed by atoms with van der Waals surface area (Å²) in [6.45, 7) is 3.94. The Labute approximate surface area is 264 Å². The van der Waals surface area contributed by atoms with Gasteiger partial charge < -0.3 is 19.9 Å². The van der Waals surface area contributed by atoms with Crippen molar-refractivity contribution in [2.45, 2.75) is 51.8 Å². The minimum Gasteiger partial charge on any atom is -0.442 e. The molecule has 1 aromatic carbocycles. The first-order valence-electron chi connectivity index (χ1n) is 13.4. The fraction of sp³-hybridized carbons (Fsp3) is 0.407. The fourth-order valence-electron chi connectivity index (χ4n) is 4.88. The first kappa shape index (κ1) is 34.2. The number of hydrogen-bond acceptors (Lipinski definition) is 12. The fourth-order valence-corrected chi connectivity index (χ4v) is 4.88. The maximum Gasteiger partial charge on any atom is 0.419 e. The second kappa shape index (κ2) is 14.4. The summed E-state index contributed by atoms with van der Waals surface area (Å²) in [5.41, 5.74) is 9.18. The maximum absolute atomic E-state index is 12.8. The third-order valence-electron chi connectivity index (χ3n) is 7.52. The Balaban J connectivity index is 0.00000264. The van der Waals surface area contributed by atoms with E-state index < -0.39 is 49.0 Å². The number of cyclic esters (lactones) is 1. The summed E-state index contributed by atoms with van der Waals surface area (Å²) in [6, 6.07) is 8.07. The molecule has 4 atom stereocenters. The first-order chi connectivity index (χ1) is 20.2. The smallest absolute Gasteiger partial charge is 0.419 e. The van der Waals surface area contributed by atoms with Crippen molar-refractivity contribution in [3.8, 4) is 16.9 Å². The quantitative estimate of drug-likeness (QED) is 0.264. The number of rotatable bonds is 9. The third-order valence-corrected chi connectivity index (χ3v) is 7.52. The Morgan fingerprint density at radius 2 is 1.91 bits per heavy atom. The van der Waals surface area contributed by atoms with E-state index in [1.807, 2.05) is 31.2 Å². The number of imide groups is 1. The van der Waals surface area contributed by atoms with Crippen LogP contribution in [0.15, 0.2) is 42.9 Å². The number of halogens is 2. The molecule has 2 aromatic heterocycles. The van der Waals surface area contributed by atoms with Crippen LogP contribution in [-0.4, -0.2) is 85.7 Å². The Hall–Kier alpha value is -4.34. The van der Waals surface area contributed by atoms with E-state index in [0.29, 0.717) is 24.3 Å². The lowest BCUT2D eigenvalue weighted by atomic mass is 10.0. The predicted octanol–water partition coefficient (Wildman–Crippen LogP) is 2.68. The molecule has 5 rings (SSSR count). The Bertz CT molecular complexity index is 1490. The number of tetrazole rings is 1. The van der Waals surface area contributed by atoms with E-state index in [0.717, 1.165) is 21.6 Å². The summed E-state index contributed by atoms with van der Waals surface area (Å²) in [4.78, 5) is 56.7. The lowest BCUT2D eigenvalue weighted by Crippen LogP contribution is -2.46. The number of ether oxygens (including phenoxy) is 3. The molecular weight excluding hydrogens is 619 g/mol. The zero-order chi connectivity index (χ0) is 30.0. The Morgan fingerprint density at radius 1 is 1.16 bits per heavy atom.